The van der Waals surface area contributed by atoms with Crippen molar-refractivity contribution in [3.63, 3.8) is 0 Å². The summed E-state index contributed by atoms with van der Waals surface area (Å²) in [6, 6.07) is 3.31. The Kier molecular flexibility index (Phi) is 4.51. The average Bonchev–Trinajstić information content (AvgIpc) is 2.28. The van der Waals surface area contributed by atoms with Crippen LogP contribution in [0.3, 0.4) is 0 Å². The SMILES string of the molecule is CCC(O)Cc1ccc([N+](=O)[O-])cc1C(F)F. The molecule has 0 heterocycles. The van der Waals surface area contributed by atoms with Crippen molar-refractivity contribution in [2.75, 3.05) is 0 Å². The second kappa shape index (κ2) is 5.67. The van der Waals surface area contributed by atoms with Crippen molar-refractivity contribution in [2.45, 2.75) is 32.3 Å². The van der Waals surface area contributed by atoms with Gasteiger partial charge in [-0.05, 0) is 18.4 Å². The Labute approximate surface area is 97.0 Å². The van der Waals surface area contributed by atoms with E-state index >= 15 is 0 Å². The molecule has 0 amide bonds. The zero-order chi connectivity index (χ0) is 13.0. The van der Waals surface area contributed by atoms with Crippen LogP contribution in [0.15, 0.2) is 18.2 Å². The fraction of sp³-hybridized carbons (Fsp3) is 0.455. The normalized spacial score (nSPS) is 12.8. The summed E-state index contributed by atoms with van der Waals surface area (Å²) in [5.41, 5.74) is -0.498. The molecule has 6 heteroatoms. The van der Waals surface area contributed by atoms with Crippen LogP contribution in [-0.4, -0.2) is 16.1 Å². The minimum Gasteiger partial charge on any atom is -0.393 e. The molecule has 1 unspecified atom stereocenters. The highest BCUT2D eigenvalue weighted by Gasteiger charge is 2.19. The van der Waals surface area contributed by atoms with Crippen molar-refractivity contribution < 1.29 is 18.8 Å². The quantitative estimate of drug-likeness (QED) is 0.640. The molecular formula is C11H13F2NO3. The number of alkyl halides is 2. The molecule has 1 atom stereocenters. The first-order valence-electron chi connectivity index (χ1n) is 5.19. The molecule has 1 rings (SSSR count). The van der Waals surface area contributed by atoms with Crippen molar-refractivity contribution in [3.8, 4) is 0 Å². The molecule has 0 saturated carbocycles. The van der Waals surface area contributed by atoms with E-state index in [1.165, 1.54) is 12.1 Å². The molecule has 1 N–H and O–H groups in total. The van der Waals surface area contributed by atoms with E-state index in [4.69, 9.17) is 0 Å². The molecule has 94 valence electrons. The first kappa shape index (κ1) is 13.5. The van der Waals surface area contributed by atoms with Gasteiger partial charge in [0.05, 0.1) is 11.0 Å². The summed E-state index contributed by atoms with van der Waals surface area (Å²) < 4.78 is 25.4. The molecule has 17 heavy (non-hydrogen) atoms. The number of nitrogens with zero attached hydrogens (tertiary/aromatic N) is 1. The van der Waals surface area contributed by atoms with E-state index in [-0.39, 0.29) is 23.2 Å². The Morgan fingerprint density at radius 3 is 2.59 bits per heavy atom. The molecule has 0 spiro atoms. The third kappa shape index (κ3) is 3.45. The predicted molar refractivity (Wildman–Crippen MR) is 58.1 cm³/mol. The molecule has 0 fully saturated rings. The van der Waals surface area contributed by atoms with Gasteiger partial charge in [-0.2, -0.15) is 0 Å². The van der Waals surface area contributed by atoms with Gasteiger partial charge in [-0.25, -0.2) is 8.78 Å². The van der Waals surface area contributed by atoms with E-state index in [0.717, 1.165) is 6.07 Å². The van der Waals surface area contributed by atoms with Gasteiger partial charge in [-0.3, -0.25) is 10.1 Å². The van der Waals surface area contributed by atoms with Gasteiger partial charge in [0.25, 0.3) is 12.1 Å². The average molecular weight is 245 g/mol. The van der Waals surface area contributed by atoms with Gasteiger partial charge in [-0.15, -0.1) is 0 Å². The molecule has 0 bridgehead atoms. The summed E-state index contributed by atoms with van der Waals surface area (Å²) in [6.45, 7) is 1.73. The number of aliphatic hydroxyl groups is 1. The van der Waals surface area contributed by atoms with Gasteiger partial charge in [0.1, 0.15) is 0 Å². The summed E-state index contributed by atoms with van der Waals surface area (Å²) in [5, 5.41) is 19.9. The van der Waals surface area contributed by atoms with E-state index in [0.29, 0.717) is 6.42 Å². The van der Waals surface area contributed by atoms with Crippen LogP contribution in [0.25, 0.3) is 0 Å². The summed E-state index contributed by atoms with van der Waals surface area (Å²) in [5.74, 6) is 0. The minimum absolute atomic E-state index is 0.0775. The standard InChI is InChI=1S/C11H13F2NO3/c1-2-9(15)5-7-3-4-8(14(16)17)6-10(7)11(12)13/h3-4,6,9,11,15H,2,5H2,1H3. The van der Waals surface area contributed by atoms with Crippen LogP contribution in [0.4, 0.5) is 14.5 Å². The number of hydrogen-bond acceptors (Lipinski definition) is 3. The smallest absolute Gasteiger partial charge is 0.269 e. The lowest BCUT2D eigenvalue weighted by Gasteiger charge is -2.12. The number of aliphatic hydroxyl groups excluding tert-OH is 1. The first-order chi connectivity index (χ1) is 7.95. The third-order valence-electron chi connectivity index (χ3n) is 2.50. The maximum Gasteiger partial charge on any atom is 0.269 e. The minimum atomic E-state index is -2.78. The lowest BCUT2D eigenvalue weighted by Crippen LogP contribution is -2.10. The summed E-state index contributed by atoms with van der Waals surface area (Å²) in [4.78, 5) is 9.76. The molecule has 0 saturated heterocycles. The number of nitro benzene ring substituents is 1. The molecule has 0 aliphatic carbocycles. The zero-order valence-corrected chi connectivity index (χ0v) is 9.27. The van der Waals surface area contributed by atoms with Crippen molar-refractivity contribution >= 4 is 5.69 Å². The van der Waals surface area contributed by atoms with Gasteiger partial charge in [0.2, 0.25) is 0 Å². The van der Waals surface area contributed by atoms with E-state index < -0.39 is 17.5 Å². The largest absolute Gasteiger partial charge is 0.393 e. The van der Waals surface area contributed by atoms with Crippen molar-refractivity contribution in [1.29, 1.82) is 0 Å². The maximum absolute atomic E-state index is 12.7. The zero-order valence-electron chi connectivity index (χ0n) is 9.27. The molecule has 0 aromatic heterocycles. The fourth-order valence-electron chi connectivity index (χ4n) is 1.48. The summed E-state index contributed by atoms with van der Waals surface area (Å²) in [7, 11) is 0. The molecule has 0 aliphatic rings. The van der Waals surface area contributed by atoms with Crippen LogP contribution in [0.1, 0.15) is 30.9 Å². The molecule has 1 aromatic carbocycles. The number of non-ortho nitro benzene ring substituents is 1. The highest BCUT2D eigenvalue weighted by Crippen LogP contribution is 2.28. The number of hydrogen-bond donors (Lipinski definition) is 1. The highest BCUT2D eigenvalue weighted by atomic mass is 19.3. The van der Waals surface area contributed by atoms with Crippen LogP contribution in [0.2, 0.25) is 0 Å². The van der Waals surface area contributed by atoms with E-state index in [1.54, 1.807) is 6.92 Å². The van der Waals surface area contributed by atoms with Crippen LogP contribution < -0.4 is 0 Å². The van der Waals surface area contributed by atoms with Crippen LogP contribution in [-0.2, 0) is 6.42 Å². The molecule has 0 radical (unpaired) electrons. The monoisotopic (exact) mass is 245 g/mol. The van der Waals surface area contributed by atoms with Gasteiger partial charge in [-0.1, -0.05) is 13.0 Å². The Morgan fingerprint density at radius 1 is 1.47 bits per heavy atom. The highest BCUT2D eigenvalue weighted by molar-refractivity contribution is 5.40. The van der Waals surface area contributed by atoms with E-state index in [9.17, 15) is 24.0 Å². The topological polar surface area (TPSA) is 63.4 Å². The van der Waals surface area contributed by atoms with Gasteiger partial charge in [0, 0.05) is 17.7 Å². The van der Waals surface area contributed by atoms with Crippen LogP contribution in [0.5, 0.6) is 0 Å². The second-order valence-electron chi connectivity index (χ2n) is 3.71. The Balaban J connectivity index is 3.08. The lowest BCUT2D eigenvalue weighted by molar-refractivity contribution is -0.385. The fourth-order valence-corrected chi connectivity index (χ4v) is 1.48. The Morgan fingerprint density at radius 2 is 2.12 bits per heavy atom. The summed E-state index contributed by atoms with van der Waals surface area (Å²) >= 11 is 0. The van der Waals surface area contributed by atoms with Gasteiger partial charge < -0.3 is 5.11 Å². The van der Waals surface area contributed by atoms with Gasteiger partial charge >= 0.3 is 0 Å². The Bertz CT molecular complexity index is 410. The molecular weight excluding hydrogens is 232 g/mol. The van der Waals surface area contributed by atoms with Gasteiger partial charge in [0.15, 0.2) is 0 Å². The van der Waals surface area contributed by atoms with E-state index in [2.05, 4.69) is 0 Å². The number of benzene rings is 1. The molecule has 1 aromatic rings. The van der Waals surface area contributed by atoms with Crippen molar-refractivity contribution in [2.24, 2.45) is 0 Å². The van der Waals surface area contributed by atoms with Crippen molar-refractivity contribution in [3.05, 3.63) is 39.4 Å². The Hall–Kier alpha value is -1.56. The van der Waals surface area contributed by atoms with Crippen LogP contribution in [0, 0.1) is 10.1 Å². The summed E-state index contributed by atoms with van der Waals surface area (Å²) in [6.07, 6.45) is -2.98. The number of halogens is 2. The predicted octanol–water partition coefficient (Wildman–Crippen LogP) is 2.85. The van der Waals surface area contributed by atoms with Crippen molar-refractivity contribution in [1.82, 2.24) is 0 Å². The van der Waals surface area contributed by atoms with E-state index in [1.807, 2.05) is 0 Å². The van der Waals surface area contributed by atoms with Crippen LogP contribution >= 0.6 is 0 Å². The molecule has 4 nitrogen and oxygen atoms in total. The number of nitro groups is 1. The first-order valence-corrected chi connectivity index (χ1v) is 5.19. The molecule has 0 aliphatic heterocycles. The maximum atomic E-state index is 12.7. The third-order valence-corrected chi connectivity index (χ3v) is 2.50. The second-order valence-corrected chi connectivity index (χ2v) is 3.71. The lowest BCUT2D eigenvalue weighted by atomic mass is 10.00. The number of rotatable bonds is 5.